The van der Waals surface area contributed by atoms with Crippen molar-refractivity contribution in [1.29, 1.82) is 0 Å². The number of fused-ring (bicyclic) bond motifs is 1. The number of carbonyl (C=O) groups is 1. The molecule has 0 aromatic carbocycles. The van der Waals surface area contributed by atoms with E-state index < -0.39 is 18.6 Å². The quantitative estimate of drug-likeness (QED) is 0.488. The maximum atomic E-state index is 11.5. The van der Waals surface area contributed by atoms with Gasteiger partial charge in [-0.05, 0) is 44.0 Å². The summed E-state index contributed by atoms with van der Waals surface area (Å²) < 4.78 is 0. The normalized spacial score (nSPS) is 38.4. The molecular weight excluding hydrogens is 247 g/mol. The fourth-order valence-corrected chi connectivity index (χ4v) is 4.00. The summed E-state index contributed by atoms with van der Waals surface area (Å²) in [6, 6.07) is 0. The maximum absolute atomic E-state index is 11.5. The number of hydrogen-bond acceptors (Lipinski definition) is 5. The third kappa shape index (κ3) is 2.79. The van der Waals surface area contributed by atoms with E-state index in [1.807, 2.05) is 7.05 Å². The van der Waals surface area contributed by atoms with Crippen molar-refractivity contribution in [2.24, 2.45) is 23.5 Å². The largest absolute Gasteiger partial charge is 0.480 e. The van der Waals surface area contributed by atoms with Gasteiger partial charge < -0.3 is 25.8 Å². The van der Waals surface area contributed by atoms with Gasteiger partial charge in [-0.1, -0.05) is 6.42 Å². The molecule has 4 unspecified atom stereocenters. The summed E-state index contributed by atoms with van der Waals surface area (Å²) in [7, 11) is 0.728. The minimum atomic E-state index is -1.32. The molecule has 2 fully saturated rings. The van der Waals surface area contributed by atoms with Crippen molar-refractivity contribution in [1.82, 2.24) is 4.90 Å². The first-order valence-electron chi connectivity index (χ1n) is 6.91. The van der Waals surface area contributed by atoms with E-state index in [0.717, 1.165) is 13.1 Å². The van der Waals surface area contributed by atoms with E-state index in [2.05, 4.69) is 4.90 Å². The molecule has 4 atom stereocenters. The highest BCUT2D eigenvalue weighted by atomic mass is 16.4. The van der Waals surface area contributed by atoms with E-state index in [0.29, 0.717) is 31.1 Å². The molecule has 1 aliphatic heterocycles. The Morgan fingerprint density at radius 1 is 1.47 bits per heavy atom. The van der Waals surface area contributed by atoms with Crippen molar-refractivity contribution in [3.8, 4) is 0 Å². The second kappa shape index (κ2) is 5.40. The summed E-state index contributed by atoms with van der Waals surface area (Å²) >= 11 is 0. The summed E-state index contributed by atoms with van der Waals surface area (Å²) in [6.07, 6.45) is 2.06. The Morgan fingerprint density at radius 2 is 2.16 bits per heavy atom. The van der Waals surface area contributed by atoms with E-state index >= 15 is 0 Å². The van der Waals surface area contributed by atoms with Gasteiger partial charge in [-0.25, -0.2) is 0 Å². The summed E-state index contributed by atoms with van der Waals surface area (Å²) in [4.78, 5) is 13.7. The van der Waals surface area contributed by atoms with Crippen LogP contribution in [0.2, 0.25) is 6.32 Å². The molecule has 1 aliphatic carbocycles. The van der Waals surface area contributed by atoms with E-state index in [-0.39, 0.29) is 12.2 Å². The summed E-state index contributed by atoms with van der Waals surface area (Å²) in [5, 5.41) is 27.2. The van der Waals surface area contributed by atoms with Crippen LogP contribution in [0.4, 0.5) is 0 Å². The van der Waals surface area contributed by atoms with Crippen LogP contribution in [0, 0.1) is 17.8 Å². The lowest BCUT2D eigenvalue weighted by atomic mass is 9.76. The average molecular weight is 270 g/mol. The minimum Gasteiger partial charge on any atom is -0.480 e. The van der Waals surface area contributed by atoms with Crippen molar-refractivity contribution >= 4 is 13.1 Å². The van der Waals surface area contributed by atoms with Crippen molar-refractivity contribution in [2.45, 2.75) is 31.1 Å². The van der Waals surface area contributed by atoms with Crippen LogP contribution in [0.1, 0.15) is 19.3 Å². The molecule has 7 heteroatoms. The summed E-state index contributed by atoms with van der Waals surface area (Å²) in [5.41, 5.74) is 5.01. The SMILES string of the molecule is CN1CC2CC(N)(C(=O)O)C(CCCB(O)O)C2C1. The molecule has 1 saturated heterocycles. The van der Waals surface area contributed by atoms with Gasteiger partial charge in [0.05, 0.1) is 0 Å². The number of likely N-dealkylation sites (tertiary alicyclic amines) is 1. The molecule has 2 aliphatic rings. The van der Waals surface area contributed by atoms with Crippen molar-refractivity contribution in [2.75, 3.05) is 20.1 Å². The van der Waals surface area contributed by atoms with Crippen LogP contribution in [-0.2, 0) is 4.79 Å². The van der Waals surface area contributed by atoms with Gasteiger partial charge in [-0.2, -0.15) is 0 Å². The number of aliphatic carboxylic acids is 1. The second-order valence-corrected chi connectivity index (χ2v) is 6.21. The third-order valence-corrected chi connectivity index (χ3v) is 4.83. The molecule has 6 nitrogen and oxygen atoms in total. The van der Waals surface area contributed by atoms with E-state index in [9.17, 15) is 9.90 Å². The lowest BCUT2D eigenvalue weighted by molar-refractivity contribution is -0.145. The van der Waals surface area contributed by atoms with Gasteiger partial charge >= 0.3 is 13.1 Å². The standard InChI is InChI=1S/C12H23BN2O4/c1-15-6-8-5-12(14,11(16)17)10(9(8)7-15)3-2-4-13(18)19/h8-10,18-19H,2-7,14H2,1H3,(H,16,17). The molecule has 2 rings (SSSR count). The Hall–Kier alpha value is -0.625. The molecule has 108 valence electrons. The zero-order valence-electron chi connectivity index (χ0n) is 11.3. The van der Waals surface area contributed by atoms with Gasteiger partial charge in [0.1, 0.15) is 5.54 Å². The van der Waals surface area contributed by atoms with Crippen LogP contribution in [-0.4, -0.2) is 58.8 Å². The van der Waals surface area contributed by atoms with Gasteiger partial charge in [-0.3, -0.25) is 4.79 Å². The maximum Gasteiger partial charge on any atom is 0.451 e. The van der Waals surface area contributed by atoms with Gasteiger partial charge in [0.25, 0.3) is 0 Å². The number of carboxylic acids is 1. The fraction of sp³-hybridized carbons (Fsp3) is 0.917. The van der Waals surface area contributed by atoms with Crippen LogP contribution >= 0.6 is 0 Å². The summed E-state index contributed by atoms with van der Waals surface area (Å²) in [6.45, 7) is 1.80. The molecule has 1 heterocycles. The first-order chi connectivity index (χ1) is 8.84. The monoisotopic (exact) mass is 270 g/mol. The molecule has 19 heavy (non-hydrogen) atoms. The first-order valence-corrected chi connectivity index (χ1v) is 6.91. The minimum absolute atomic E-state index is 0.0706. The molecular formula is C12H23BN2O4. The van der Waals surface area contributed by atoms with Crippen molar-refractivity contribution in [3.05, 3.63) is 0 Å². The number of hydrogen-bond donors (Lipinski definition) is 4. The lowest BCUT2D eigenvalue weighted by Crippen LogP contribution is -2.53. The van der Waals surface area contributed by atoms with Crippen LogP contribution in [0.5, 0.6) is 0 Å². The molecule has 0 spiro atoms. The van der Waals surface area contributed by atoms with Crippen LogP contribution in [0.15, 0.2) is 0 Å². The van der Waals surface area contributed by atoms with Gasteiger partial charge in [-0.15, -0.1) is 0 Å². The number of nitrogens with two attached hydrogens (primary N) is 1. The molecule has 0 radical (unpaired) electrons. The van der Waals surface area contributed by atoms with Crippen LogP contribution < -0.4 is 5.73 Å². The van der Waals surface area contributed by atoms with Crippen LogP contribution in [0.25, 0.3) is 0 Å². The Bertz CT molecular complexity index is 355. The van der Waals surface area contributed by atoms with Crippen LogP contribution in [0.3, 0.4) is 0 Å². The van der Waals surface area contributed by atoms with E-state index in [1.165, 1.54) is 0 Å². The Kier molecular flexibility index (Phi) is 4.20. The lowest BCUT2D eigenvalue weighted by Gasteiger charge is -2.30. The Balaban J connectivity index is 2.07. The van der Waals surface area contributed by atoms with E-state index in [4.69, 9.17) is 15.8 Å². The summed E-state index contributed by atoms with van der Waals surface area (Å²) in [5.74, 6) is -0.310. The molecule has 0 aromatic heterocycles. The smallest absolute Gasteiger partial charge is 0.451 e. The molecule has 0 amide bonds. The number of carboxylic acid groups (broad SMARTS) is 1. The molecule has 0 aromatic rings. The molecule has 5 N–H and O–H groups in total. The average Bonchev–Trinajstić information content (AvgIpc) is 2.74. The number of nitrogens with zero attached hydrogens (tertiary/aromatic N) is 1. The highest BCUT2D eigenvalue weighted by Crippen LogP contribution is 2.49. The Labute approximate surface area is 113 Å². The fourth-order valence-electron chi connectivity index (χ4n) is 4.00. The topological polar surface area (TPSA) is 107 Å². The number of rotatable bonds is 5. The van der Waals surface area contributed by atoms with Crippen molar-refractivity contribution in [3.63, 3.8) is 0 Å². The second-order valence-electron chi connectivity index (χ2n) is 6.21. The van der Waals surface area contributed by atoms with Gasteiger partial charge in [0.15, 0.2) is 0 Å². The van der Waals surface area contributed by atoms with Crippen molar-refractivity contribution < 1.29 is 19.9 Å². The predicted molar refractivity (Wildman–Crippen MR) is 71.4 cm³/mol. The molecule has 1 saturated carbocycles. The zero-order valence-corrected chi connectivity index (χ0v) is 11.3. The molecule has 0 bridgehead atoms. The first kappa shape index (κ1) is 14.8. The highest BCUT2D eigenvalue weighted by Gasteiger charge is 2.57. The highest BCUT2D eigenvalue weighted by molar-refractivity contribution is 6.40. The van der Waals surface area contributed by atoms with Gasteiger partial charge in [0, 0.05) is 13.1 Å². The third-order valence-electron chi connectivity index (χ3n) is 4.83. The van der Waals surface area contributed by atoms with E-state index in [1.54, 1.807) is 0 Å². The van der Waals surface area contributed by atoms with Gasteiger partial charge in [0.2, 0.25) is 0 Å². The zero-order chi connectivity index (χ0) is 14.2. The Morgan fingerprint density at radius 3 is 2.74 bits per heavy atom. The predicted octanol–water partition coefficient (Wildman–Crippen LogP) is -0.781.